The van der Waals surface area contributed by atoms with Crippen molar-refractivity contribution in [1.82, 2.24) is 19.9 Å². The zero-order chi connectivity index (χ0) is 31.7. The van der Waals surface area contributed by atoms with Crippen molar-refractivity contribution in [2.45, 2.75) is 41.5 Å². The molecule has 8 rings (SSSR count). The molecule has 0 unspecified atom stereocenters. The van der Waals surface area contributed by atoms with Crippen molar-refractivity contribution in [2.24, 2.45) is 0 Å². The van der Waals surface area contributed by atoms with E-state index in [-0.39, 0.29) is 0 Å². The zero-order valence-corrected chi connectivity index (χ0v) is 27.1. The van der Waals surface area contributed by atoms with Gasteiger partial charge in [0.15, 0.2) is 0 Å². The summed E-state index contributed by atoms with van der Waals surface area (Å²) in [5.41, 5.74) is 20.0. The van der Waals surface area contributed by atoms with Crippen LogP contribution in [0.3, 0.4) is 0 Å². The van der Waals surface area contributed by atoms with Crippen molar-refractivity contribution in [2.75, 3.05) is 0 Å². The summed E-state index contributed by atoms with van der Waals surface area (Å²) in [4.78, 5) is 18.1. The fraction of sp³-hybridized carbons (Fsp3) is 0.143. The van der Waals surface area contributed by atoms with E-state index in [9.17, 15) is 0 Å². The maximum Gasteiger partial charge on any atom is 0.0872 e. The third-order valence-electron chi connectivity index (χ3n) is 9.33. The number of benzene rings is 3. The van der Waals surface area contributed by atoms with Crippen LogP contribution in [0.25, 0.3) is 79.4 Å². The number of aromatic amines is 2. The minimum absolute atomic E-state index is 0.915. The molecule has 0 spiro atoms. The lowest BCUT2D eigenvalue weighted by molar-refractivity contribution is 1.28. The molecule has 0 fully saturated rings. The maximum atomic E-state index is 5.32. The van der Waals surface area contributed by atoms with Crippen LogP contribution in [-0.2, 0) is 0 Å². The number of aryl methyl sites for hydroxylation is 6. The van der Waals surface area contributed by atoms with Crippen LogP contribution in [-0.4, -0.2) is 19.9 Å². The molecule has 8 bridgehead atoms. The Hall–Kier alpha value is -5.48. The first-order chi connectivity index (χ1) is 22.2. The Labute approximate surface area is 269 Å². The van der Waals surface area contributed by atoms with Gasteiger partial charge in [0.05, 0.1) is 28.3 Å². The molecule has 0 atom stereocenters. The zero-order valence-electron chi connectivity index (χ0n) is 27.1. The lowest BCUT2D eigenvalue weighted by Gasteiger charge is -2.13. The minimum atomic E-state index is 0.915. The lowest BCUT2D eigenvalue weighted by atomic mass is 9.92. The summed E-state index contributed by atoms with van der Waals surface area (Å²) in [5.74, 6) is 0. The number of H-pyrrole nitrogens is 2. The molecule has 0 saturated carbocycles. The van der Waals surface area contributed by atoms with Crippen molar-refractivity contribution >= 4 is 57.1 Å². The summed E-state index contributed by atoms with van der Waals surface area (Å²) >= 11 is 0. The number of hydrogen-bond acceptors (Lipinski definition) is 2. The molecule has 3 aromatic carbocycles. The smallest absolute Gasteiger partial charge is 0.0872 e. The van der Waals surface area contributed by atoms with Crippen LogP contribution in [0.4, 0.5) is 0 Å². The van der Waals surface area contributed by atoms with Gasteiger partial charge < -0.3 is 9.97 Å². The van der Waals surface area contributed by atoms with Gasteiger partial charge in [-0.15, -0.1) is 0 Å². The first kappa shape index (κ1) is 28.0. The van der Waals surface area contributed by atoms with Crippen LogP contribution in [0, 0.1) is 41.5 Å². The molecule has 2 aliphatic rings. The minimum Gasteiger partial charge on any atom is -0.354 e. The molecule has 0 amide bonds. The second-order valence-electron chi connectivity index (χ2n) is 12.8. The average molecular weight is 597 g/mol. The predicted molar refractivity (Wildman–Crippen MR) is 196 cm³/mol. The maximum absolute atomic E-state index is 5.32. The number of fused-ring (bicyclic) bond motifs is 12. The van der Waals surface area contributed by atoms with Crippen LogP contribution in [0.1, 0.15) is 56.2 Å². The van der Waals surface area contributed by atoms with Gasteiger partial charge in [0.1, 0.15) is 0 Å². The first-order valence-corrected chi connectivity index (χ1v) is 15.9. The van der Waals surface area contributed by atoms with Crippen LogP contribution in [0.15, 0.2) is 72.8 Å². The lowest BCUT2D eigenvalue weighted by Crippen LogP contribution is -1.94. The Kier molecular flexibility index (Phi) is 6.43. The topological polar surface area (TPSA) is 57.4 Å². The number of rotatable bonds is 2. The monoisotopic (exact) mass is 596 g/mol. The Morgan fingerprint density at radius 2 is 0.804 bits per heavy atom. The number of aromatic nitrogens is 4. The van der Waals surface area contributed by atoms with Crippen molar-refractivity contribution in [1.29, 1.82) is 0 Å². The van der Waals surface area contributed by atoms with Gasteiger partial charge in [0, 0.05) is 38.4 Å². The molecule has 46 heavy (non-hydrogen) atoms. The summed E-state index contributed by atoms with van der Waals surface area (Å²) in [6.45, 7) is 13.1. The molecule has 2 N–H and O–H groups in total. The predicted octanol–water partition coefficient (Wildman–Crippen LogP) is 11.0. The van der Waals surface area contributed by atoms with Gasteiger partial charge in [-0.2, -0.15) is 0 Å². The molecule has 2 aliphatic heterocycles. The largest absolute Gasteiger partial charge is 0.354 e. The van der Waals surface area contributed by atoms with Gasteiger partial charge >= 0.3 is 0 Å². The first-order valence-electron chi connectivity index (χ1n) is 15.9. The quantitative estimate of drug-likeness (QED) is 0.209. The molecular weight excluding hydrogens is 560 g/mol. The van der Waals surface area contributed by atoms with Gasteiger partial charge in [-0.3, -0.25) is 0 Å². The van der Waals surface area contributed by atoms with E-state index >= 15 is 0 Å². The van der Waals surface area contributed by atoms with E-state index in [0.717, 1.165) is 66.7 Å². The molecule has 6 aromatic rings. The third kappa shape index (κ3) is 4.52. The molecule has 0 saturated heterocycles. The van der Waals surface area contributed by atoms with E-state index < -0.39 is 0 Å². The van der Waals surface area contributed by atoms with Gasteiger partial charge in [0.25, 0.3) is 0 Å². The Bertz CT molecular complexity index is 2440. The van der Waals surface area contributed by atoms with E-state index in [2.05, 4.69) is 149 Å². The molecule has 3 aromatic heterocycles. The molecule has 224 valence electrons. The van der Waals surface area contributed by atoms with E-state index in [1.807, 2.05) is 0 Å². The van der Waals surface area contributed by atoms with Crippen molar-refractivity contribution in [3.8, 4) is 22.3 Å². The Morgan fingerprint density at radius 3 is 1.37 bits per heavy atom. The van der Waals surface area contributed by atoms with Crippen LogP contribution in [0.2, 0.25) is 0 Å². The number of hydrogen-bond donors (Lipinski definition) is 2. The average Bonchev–Trinajstić information content (AvgIpc) is 3.83. The molecule has 0 radical (unpaired) electrons. The normalized spacial score (nSPS) is 12.4. The number of nitrogens with zero attached hydrogens (tertiary/aromatic N) is 2. The fourth-order valence-corrected chi connectivity index (χ4v) is 7.58. The van der Waals surface area contributed by atoms with Gasteiger partial charge in [0.2, 0.25) is 0 Å². The van der Waals surface area contributed by atoms with E-state index in [4.69, 9.17) is 9.97 Å². The van der Waals surface area contributed by atoms with Crippen molar-refractivity contribution in [3.63, 3.8) is 0 Å². The van der Waals surface area contributed by atoms with Crippen molar-refractivity contribution < 1.29 is 0 Å². The summed E-state index contributed by atoms with van der Waals surface area (Å²) in [6.07, 6.45) is 8.59. The summed E-state index contributed by atoms with van der Waals surface area (Å²) < 4.78 is 0. The van der Waals surface area contributed by atoms with Gasteiger partial charge in [-0.1, -0.05) is 59.7 Å². The second-order valence-corrected chi connectivity index (χ2v) is 12.8. The Morgan fingerprint density at radius 1 is 0.391 bits per heavy atom. The summed E-state index contributed by atoms with van der Waals surface area (Å²) in [6, 6.07) is 26.3. The van der Waals surface area contributed by atoms with Crippen LogP contribution in [0.5, 0.6) is 0 Å². The molecular formula is C42H36N4. The highest BCUT2D eigenvalue weighted by Crippen LogP contribution is 2.38. The Balaban J connectivity index is 1.58. The molecule has 4 heteroatoms. The van der Waals surface area contributed by atoms with E-state index in [0.29, 0.717) is 0 Å². The molecule has 4 nitrogen and oxygen atoms in total. The van der Waals surface area contributed by atoms with E-state index in [1.165, 1.54) is 44.5 Å². The SMILES string of the molecule is Cc1cc(C)c(-c2c3nc(c4ccccc4c4ccc([nH]4)c(-c4c(C)cc(C)cc4C)c4nc(c5ccc2[nH]5)C=C4)C=C3)c(C)c1. The van der Waals surface area contributed by atoms with Crippen LogP contribution < -0.4 is 0 Å². The highest BCUT2D eigenvalue weighted by molar-refractivity contribution is 6.04. The highest BCUT2D eigenvalue weighted by Gasteiger charge is 2.19. The summed E-state index contributed by atoms with van der Waals surface area (Å²) in [7, 11) is 0. The van der Waals surface area contributed by atoms with Crippen molar-refractivity contribution in [3.05, 3.63) is 129 Å². The molecule has 0 aliphatic carbocycles. The van der Waals surface area contributed by atoms with Crippen LogP contribution >= 0.6 is 0 Å². The second kappa shape index (κ2) is 10.6. The van der Waals surface area contributed by atoms with Gasteiger partial charge in [-0.25, -0.2) is 9.97 Å². The third-order valence-corrected chi connectivity index (χ3v) is 9.33. The van der Waals surface area contributed by atoms with E-state index in [1.54, 1.807) is 0 Å². The fourth-order valence-electron chi connectivity index (χ4n) is 7.58. The summed E-state index contributed by atoms with van der Waals surface area (Å²) in [5, 5.41) is 2.21. The van der Waals surface area contributed by atoms with Gasteiger partial charge in [-0.05, 0) is 123 Å². The molecule has 5 heterocycles. The number of nitrogens with one attached hydrogen (secondary N) is 2. The standard InChI is InChI=1S/C42H36N4/c1-23-19-25(3)39(26(4)20-23)41-35-15-11-31(43-35)29-9-7-8-10-30(29)32-12-16-36(44-32)42(40-27(5)21-24(2)22-28(40)6)38-18-14-34(46-38)33-13-17-37(41)45-33/h7-22,43,46H,1-6H3. The highest BCUT2D eigenvalue weighted by atomic mass is 14.8.